The maximum absolute atomic E-state index is 13.5. The standard InChI is InChI=1S/C34H37F3N2O8/c1-21-27(19-24-12-14-26(15-13-24)47-34(35,36)37)25(18-23-8-5-4-6-9-23)10-7-11-28(33(42)46-21)39-32(41)30-31(45-20-44-22(2)40)29(43-3)16-17-38-30/h4-6,8-9,12-17,21,25,27-28H,7,10-11,18-20H2,1-3H3,(H,39,41)/t21-,25+,27-,28-/m0/s1. The van der Waals surface area contributed by atoms with Crippen LogP contribution in [0.3, 0.4) is 0 Å². The zero-order valence-corrected chi connectivity index (χ0v) is 26.2. The predicted octanol–water partition coefficient (Wildman–Crippen LogP) is 5.82. The van der Waals surface area contributed by atoms with Crippen LogP contribution in [0.25, 0.3) is 0 Å². The molecule has 0 unspecified atom stereocenters. The minimum Gasteiger partial charge on any atom is -0.493 e. The number of carbonyl (C=O) groups is 3. The Morgan fingerprint density at radius 1 is 1.00 bits per heavy atom. The number of methoxy groups -OCH3 is 1. The number of hydrogen-bond acceptors (Lipinski definition) is 9. The molecular formula is C34H37F3N2O8. The molecule has 0 saturated carbocycles. The lowest BCUT2D eigenvalue weighted by molar-refractivity contribution is -0.274. The van der Waals surface area contributed by atoms with Crippen LogP contribution in [0.1, 0.15) is 54.7 Å². The quantitative estimate of drug-likeness (QED) is 0.201. The molecule has 1 aromatic heterocycles. The number of nitrogens with zero attached hydrogens (tertiary/aromatic N) is 1. The van der Waals surface area contributed by atoms with Crippen molar-refractivity contribution in [2.45, 2.75) is 64.5 Å². The number of rotatable bonds is 11. The number of carbonyl (C=O) groups excluding carboxylic acids is 3. The third-order valence-electron chi connectivity index (χ3n) is 7.91. The van der Waals surface area contributed by atoms with Gasteiger partial charge in [0.05, 0.1) is 7.11 Å². The average molecular weight is 659 g/mol. The number of amides is 1. The molecule has 1 N–H and O–H groups in total. The lowest BCUT2D eigenvalue weighted by atomic mass is 9.77. The van der Waals surface area contributed by atoms with Crippen molar-refractivity contribution in [3.8, 4) is 17.2 Å². The number of benzene rings is 2. The molecule has 1 amide bonds. The Morgan fingerprint density at radius 3 is 2.36 bits per heavy atom. The molecule has 0 bridgehead atoms. The van der Waals surface area contributed by atoms with Gasteiger partial charge in [-0.25, -0.2) is 9.78 Å². The second-order valence-electron chi connectivity index (χ2n) is 11.2. The molecule has 13 heteroatoms. The molecule has 2 aromatic carbocycles. The van der Waals surface area contributed by atoms with Crippen LogP contribution in [-0.4, -0.2) is 55.2 Å². The van der Waals surface area contributed by atoms with Crippen molar-refractivity contribution in [3.63, 3.8) is 0 Å². The summed E-state index contributed by atoms with van der Waals surface area (Å²) in [5.74, 6) is -2.28. The summed E-state index contributed by atoms with van der Waals surface area (Å²) in [4.78, 5) is 42.3. The second kappa shape index (κ2) is 16.1. The van der Waals surface area contributed by atoms with Crippen molar-refractivity contribution < 1.29 is 51.2 Å². The Kier molecular flexibility index (Phi) is 12.0. The Bertz CT molecular complexity index is 1500. The normalized spacial score (nSPS) is 20.1. The highest BCUT2D eigenvalue weighted by atomic mass is 19.4. The van der Waals surface area contributed by atoms with Crippen molar-refractivity contribution in [3.05, 3.63) is 83.7 Å². The molecule has 4 rings (SSSR count). The zero-order valence-electron chi connectivity index (χ0n) is 26.2. The van der Waals surface area contributed by atoms with Gasteiger partial charge in [0.25, 0.3) is 5.91 Å². The summed E-state index contributed by atoms with van der Waals surface area (Å²) in [6.45, 7) is 2.51. The fraction of sp³-hybridized carbons (Fsp3) is 0.412. The van der Waals surface area contributed by atoms with E-state index in [0.717, 1.165) is 11.1 Å². The molecule has 1 aliphatic heterocycles. The topological polar surface area (TPSA) is 122 Å². The molecule has 3 aromatic rings. The average Bonchev–Trinajstić information content (AvgIpc) is 3.07. The van der Waals surface area contributed by atoms with E-state index in [0.29, 0.717) is 25.7 Å². The highest BCUT2D eigenvalue weighted by Gasteiger charge is 2.35. The number of aromatic nitrogens is 1. The minimum absolute atomic E-state index is 0.0436. The molecule has 2 heterocycles. The van der Waals surface area contributed by atoms with Crippen LogP contribution in [-0.2, 0) is 31.9 Å². The fourth-order valence-electron chi connectivity index (χ4n) is 5.68. The molecule has 10 nitrogen and oxygen atoms in total. The van der Waals surface area contributed by atoms with E-state index in [9.17, 15) is 27.6 Å². The first kappa shape index (κ1) is 35.1. The van der Waals surface area contributed by atoms with E-state index in [2.05, 4.69) is 15.0 Å². The largest absolute Gasteiger partial charge is 0.573 e. The number of halogens is 3. The molecule has 0 radical (unpaired) electrons. The zero-order chi connectivity index (χ0) is 34.0. The van der Waals surface area contributed by atoms with E-state index in [1.54, 1.807) is 19.1 Å². The summed E-state index contributed by atoms with van der Waals surface area (Å²) in [6, 6.07) is 16.0. The highest BCUT2D eigenvalue weighted by Crippen LogP contribution is 2.34. The van der Waals surface area contributed by atoms with Gasteiger partial charge < -0.3 is 29.0 Å². The molecule has 47 heavy (non-hydrogen) atoms. The summed E-state index contributed by atoms with van der Waals surface area (Å²) in [7, 11) is 1.37. The van der Waals surface area contributed by atoms with Crippen molar-refractivity contribution >= 4 is 17.8 Å². The minimum atomic E-state index is -4.80. The van der Waals surface area contributed by atoms with Gasteiger partial charge in [0, 0.05) is 25.1 Å². The van der Waals surface area contributed by atoms with Gasteiger partial charge in [-0.15, -0.1) is 13.2 Å². The van der Waals surface area contributed by atoms with Crippen LogP contribution >= 0.6 is 0 Å². The first-order valence-corrected chi connectivity index (χ1v) is 15.1. The molecule has 0 aliphatic carbocycles. The molecule has 4 atom stereocenters. The lowest BCUT2D eigenvalue weighted by Gasteiger charge is -2.31. The summed E-state index contributed by atoms with van der Waals surface area (Å²) >= 11 is 0. The van der Waals surface area contributed by atoms with Gasteiger partial charge in [-0.05, 0) is 61.8 Å². The first-order chi connectivity index (χ1) is 22.4. The van der Waals surface area contributed by atoms with Crippen LogP contribution in [0.15, 0.2) is 66.9 Å². The first-order valence-electron chi connectivity index (χ1n) is 15.1. The number of pyridine rings is 1. The van der Waals surface area contributed by atoms with Crippen molar-refractivity contribution in [1.29, 1.82) is 0 Å². The number of hydrogen-bond donors (Lipinski definition) is 1. The number of ether oxygens (including phenoxy) is 5. The summed E-state index contributed by atoms with van der Waals surface area (Å²) in [6.07, 6.45) is -1.38. The van der Waals surface area contributed by atoms with Crippen LogP contribution in [0.4, 0.5) is 13.2 Å². The Hall–Kier alpha value is -4.81. The summed E-state index contributed by atoms with van der Waals surface area (Å²) in [5, 5.41) is 2.72. The van der Waals surface area contributed by atoms with Crippen LogP contribution in [0.5, 0.6) is 17.2 Å². The van der Waals surface area contributed by atoms with Gasteiger partial charge in [0.2, 0.25) is 6.79 Å². The van der Waals surface area contributed by atoms with Crippen LogP contribution < -0.4 is 19.5 Å². The summed E-state index contributed by atoms with van der Waals surface area (Å²) < 4.78 is 63.7. The van der Waals surface area contributed by atoms with E-state index in [1.165, 1.54) is 38.4 Å². The van der Waals surface area contributed by atoms with Gasteiger partial charge in [0.1, 0.15) is 17.9 Å². The Labute approximate surface area is 270 Å². The monoisotopic (exact) mass is 658 g/mol. The third-order valence-corrected chi connectivity index (χ3v) is 7.91. The highest BCUT2D eigenvalue weighted by molar-refractivity contribution is 5.98. The predicted molar refractivity (Wildman–Crippen MR) is 163 cm³/mol. The SMILES string of the molecule is COc1ccnc(C(=O)N[C@H]2CCC[C@H](Cc3ccccc3)[C@@H](Cc3ccc(OC(F)(F)F)cc3)[C@H](C)OC2=O)c1OCOC(C)=O. The van der Waals surface area contributed by atoms with Gasteiger partial charge in [-0.3, -0.25) is 9.59 Å². The van der Waals surface area contributed by atoms with Crippen molar-refractivity contribution in [2.24, 2.45) is 11.8 Å². The number of alkyl halides is 3. The number of nitrogens with one attached hydrogen (secondary N) is 1. The summed E-state index contributed by atoms with van der Waals surface area (Å²) in [5.41, 5.74) is 1.69. The van der Waals surface area contributed by atoms with E-state index >= 15 is 0 Å². The Balaban J connectivity index is 1.54. The second-order valence-corrected chi connectivity index (χ2v) is 11.2. The molecule has 1 aliphatic rings. The fourth-order valence-corrected chi connectivity index (χ4v) is 5.68. The maximum Gasteiger partial charge on any atom is 0.573 e. The van der Waals surface area contributed by atoms with Crippen molar-refractivity contribution in [1.82, 2.24) is 10.3 Å². The van der Waals surface area contributed by atoms with E-state index < -0.39 is 43.1 Å². The van der Waals surface area contributed by atoms with Gasteiger partial charge in [-0.2, -0.15) is 0 Å². The number of cyclic esters (lactones) is 1. The van der Waals surface area contributed by atoms with Gasteiger partial charge in [-0.1, -0.05) is 48.9 Å². The third kappa shape index (κ3) is 10.3. The van der Waals surface area contributed by atoms with Crippen molar-refractivity contribution in [2.75, 3.05) is 13.9 Å². The van der Waals surface area contributed by atoms with E-state index in [1.807, 2.05) is 30.3 Å². The number of esters is 2. The molecule has 252 valence electrons. The van der Waals surface area contributed by atoms with E-state index in [-0.39, 0.29) is 41.2 Å². The molecular weight excluding hydrogens is 621 g/mol. The molecule has 1 fully saturated rings. The van der Waals surface area contributed by atoms with Gasteiger partial charge >= 0.3 is 18.3 Å². The lowest BCUT2D eigenvalue weighted by Crippen LogP contribution is -2.43. The Morgan fingerprint density at radius 2 is 1.70 bits per heavy atom. The van der Waals surface area contributed by atoms with Crippen LogP contribution in [0.2, 0.25) is 0 Å². The smallest absolute Gasteiger partial charge is 0.493 e. The maximum atomic E-state index is 13.5. The van der Waals surface area contributed by atoms with Gasteiger partial charge in [0.15, 0.2) is 17.2 Å². The molecule has 1 saturated heterocycles. The van der Waals surface area contributed by atoms with E-state index in [4.69, 9.17) is 18.9 Å². The molecule has 0 spiro atoms. The van der Waals surface area contributed by atoms with Crippen LogP contribution in [0, 0.1) is 11.8 Å².